The number of ether oxygens (including phenoxy) is 2. The molecular weight excluding hydrogens is 327 g/mol. The summed E-state index contributed by atoms with van der Waals surface area (Å²) < 4.78 is 23.2. The lowest BCUT2D eigenvalue weighted by Crippen LogP contribution is -2.38. The molecule has 1 N–H and O–H groups in total. The predicted molar refractivity (Wildman–Crippen MR) is 90.4 cm³/mol. The summed E-state index contributed by atoms with van der Waals surface area (Å²) in [6, 6.07) is 9.58. The van der Waals surface area contributed by atoms with Crippen molar-refractivity contribution in [3.63, 3.8) is 0 Å². The average Bonchev–Trinajstić information content (AvgIpc) is 2.59. The van der Waals surface area contributed by atoms with E-state index in [2.05, 4.69) is 0 Å². The number of hydrogen-bond donors (Lipinski definition) is 1. The molecule has 0 aliphatic heterocycles. The fourth-order valence-corrected chi connectivity index (χ4v) is 2.70. The second kappa shape index (κ2) is 8.58. The van der Waals surface area contributed by atoms with Gasteiger partial charge in [0.25, 0.3) is 0 Å². The quantitative estimate of drug-likeness (QED) is 0.779. The van der Waals surface area contributed by atoms with Crippen LogP contribution in [0.4, 0.5) is 4.39 Å². The number of fused-ring (bicyclic) bond motifs is 1. The van der Waals surface area contributed by atoms with Gasteiger partial charge in [0.1, 0.15) is 5.82 Å². The molecule has 0 heterocycles. The lowest BCUT2D eigenvalue weighted by atomic mass is 9.91. The third kappa shape index (κ3) is 4.54. The maximum Gasteiger partial charge on any atom is 0.335 e. The van der Waals surface area contributed by atoms with Gasteiger partial charge in [-0.1, -0.05) is 24.3 Å². The Morgan fingerprint density at radius 1 is 1.08 bits per heavy atom. The van der Waals surface area contributed by atoms with Gasteiger partial charge < -0.3 is 14.6 Å². The first-order chi connectivity index (χ1) is 12.0. The minimum absolute atomic E-state index is 0.0712. The summed E-state index contributed by atoms with van der Waals surface area (Å²) in [5.41, 5.74) is 0.707. The second-order valence-corrected chi connectivity index (χ2v) is 5.54. The van der Waals surface area contributed by atoms with Crippen molar-refractivity contribution in [3.05, 3.63) is 47.8 Å². The molecule has 2 aromatic carbocycles. The summed E-state index contributed by atoms with van der Waals surface area (Å²) in [5, 5.41) is 11.7. The zero-order valence-electron chi connectivity index (χ0n) is 14.2. The third-order valence-electron chi connectivity index (χ3n) is 3.87. The topological polar surface area (TPSA) is 72.8 Å². The highest BCUT2D eigenvalue weighted by atomic mass is 19.1. The number of aliphatic hydroxyl groups is 1. The van der Waals surface area contributed by atoms with E-state index in [-0.39, 0.29) is 25.5 Å². The van der Waals surface area contributed by atoms with E-state index in [1.807, 2.05) is 0 Å². The van der Waals surface area contributed by atoms with Crippen LogP contribution >= 0.6 is 0 Å². The van der Waals surface area contributed by atoms with Gasteiger partial charge in [-0.15, -0.1) is 0 Å². The predicted octanol–water partition coefficient (Wildman–Crippen LogP) is 2.62. The van der Waals surface area contributed by atoms with E-state index in [4.69, 9.17) is 9.47 Å². The van der Waals surface area contributed by atoms with E-state index < -0.39 is 24.0 Å². The Hall–Kier alpha value is -2.47. The molecular formula is C19H21FO5. The van der Waals surface area contributed by atoms with Crippen LogP contribution in [0.15, 0.2) is 36.4 Å². The Labute approximate surface area is 145 Å². The SMILES string of the molecule is CCOC(=O)[C@@H](O)[C@@H](Cc1cccc2cc(F)ccc12)C(=O)OCC. The van der Waals surface area contributed by atoms with Crippen molar-refractivity contribution in [3.8, 4) is 0 Å². The Morgan fingerprint density at radius 3 is 2.44 bits per heavy atom. The smallest absolute Gasteiger partial charge is 0.335 e. The minimum Gasteiger partial charge on any atom is -0.466 e. The van der Waals surface area contributed by atoms with Gasteiger partial charge >= 0.3 is 11.9 Å². The normalized spacial score (nSPS) is 13.3. The van der Waals surface area contributed by atoms with E-state index in [0.717, 1.165) is 5.39 Å². The summed E-state index contributed by atoms with van der Waals surface area (Å²) in [6.45, 7) is 3.49. The van der Waals surface area contributed by atoms with Gasteiger partial charge in [-0.25, -0.2) is 9.18 Å². The maximum atomic E-state index is 13.4. The first kappa shape index (κ1) is 18.9. The number of aliphatic hydroxyl groups excluding tert-OH is 1. The molecule has 0 aliphatic rings. The van der Waals surface area contributed by atoms with Crippen LogP contribution in [-0.4, -0.2) is 36.4 Å². The molecule has 2 atom stereocenters. The fourth-order valence-electron chi connectivity index (χ4n) is 2.70. The number of carbonyl (C=O) groups excluding carboxylic acids is 2. The molecule has 0 spiro atoms. The standard InChI is InChI=1S/C19H21FO5/c1-3-24-18(22)16(17(21)19(23)25-4-2)11-13-7-5-6-12-10-14(20)8-9-15(12)13/h5-10,16-17,21H,3-4,11H2,1-2H3/t16-,17+/m1/s1. The average molecular weight is 348 g/mol. The monoisotopic (exact) mass is 348 g/mol. The molecule has 0 bridgehead atoms. The molecule has 0 aromatic heterocycles. The molecule has 0 aliphatic carbocycles. The van der Waals surface area contributed by atoms with Crippen LogP contribution in [0.25, 0.3) is 10.8 Å². The van der Waals surface area contributed by atoms with Crippen LogP contribution in [0.5, 0.6) is 0 Å². The van der Waals surface area contributed by atoms with Gasteiger partial charge in [-0.3, -0.25) is 4.79 Å². The Bertz CT molecular complexity index is 759. The van der Waals surface area contributed by atoms with Crippen LogP contribution < -0.4 is 0 Å². The van der Waals surface area contributed by atoms with Crippen LogP contribution in [0.1, 0.15) is 19.4 Å². The van der Waals surface area contributed by atoms with Gasteiger partial charge in [-0.2, -0.15) is 0 Å². The summed E-state index contributed by atoms with van der Waals surface area (Å²) in [4.78, 5) is 24.1. The Kier molecular flexibility index (Phi) is 6.47. The highest BCUT2D eigenvalue weighted by Gasteiger charge is 2.34. The molecule has 0 radical (unpaired) electrons. The molecule has 0 unspecified atom stereocenters. The van der Waals surface area contributed by atoms with Crippen molar-refractivity contribution in [1.82, 2.24) is 0 Å². The van der Waals surface area contributed by atoms with Gasteiger partial charge in [0.2, 0.25) is 0 Å². The second-order valence-electron chi connectivity index (χ2n) is 5.54. The number of esters is 2. The fraction of sp³-hybridized carbons (Fsp3) is 0.368. The first-order valence-corrected chi connectivity index (χ1v) is 8.16. The summed E-state index contributed by atoms with van der Waals surface area (Å²) >= 11 is 0. The van der Waals surface area contributed by atoms with Gasteiger partial charge in [0.15, 0.2) is 6.10 Å². The Morgan fingerprint density at radius 2 is 1.76 bits per heavy atom. The number of benzene rings is 2. The van der Waals surface area contributed by atoms with Crippen molar-refractivity contribution in [2.75, 3.05) is 13.2 Å². The highest BCUT2D eigenvalue weighted by molar-refractivity contribution is 5.88. The molecule has 0 fully saturated rings. The zero-order valence-corrected chi connectivity index (χ0v) is 14.2. The van der Waals surface area contributed by atoms with Crippen LogP contribution in [-0.2, 0) is 25.5 Å². The van der Waals surface area contributed by atoms with Gasteiger partial charge in [-0.05, 0) is 48.7 Å². The van der Waals surface area contributed by atoms with Gasteiger partial charge in [0.05, 0.1) is 19.1 Å². The van der Waals surface area contributed by atoms with Crippen molar-refractivity contribution in [1.29, 1.82) is 0 Å². The van der Waals surface area contributed by atoms with Crippen molar-refractivity contribution in [2.45, 2.75) is 26.4 Å². The first-order valence-electron chi connectivity index (χ1n) is 8.16. The van der Waals surface area contributed by atoms with Crippen LogP contribution in [0, 0.1) is 11.7 Å². The summed E-state index contributed by atoms with van der Waals surface area (Å²) in [7, 11) is 0. The van der Waals surface area contributed by atoms with E-state index in [1.54, 1.807) is 38.1 Å². The molecule has 0 amide bonds. The Balaban J connectivity index is 2.36. The van der Waals surface area contributed by atoms with E-state index >= 15 is 0 Å². The lowest BCUT2D eigenvalue weighted by Gasteiger charge is -2.21. The van der Waals surface area contributed by atoms with E-state index in [0.29, 0.717) is 10.9 Å². The summed E-state index contributed by atoms with van der Waals surface area (Å²) in [5.74, 6) is -3.01. The third-order valence-corrected chi connectivity index (χ3v) is 3.87. The van der Waals surface area contributed by atoms with Crippen LogP contribution in [0.2, 0.25) is 0 Å². The molecule has 2 rings (SSSR count). The number of halogens is 1. The number of hydrogen-bond acceptors (Lipinski definition) is 5. The molecule has 0 saturated heterocycles. The number of rotatable bonds is 7. The minimum atomic E-state index is -1.63. The zero-order chi connectivity index (χ0) is 18.4. The molecule has 134 valence electrons. The maximum absolute atomic E-state index is 13.4. The van der Waals surface area contributed by atoms with Crippen molar-refractivity contribution >= 4 is 22.7 Å². The lowest BCUT2D eigenvalue weighted by molar-refractivity contribution is -0.166. The molecule has 25 heavy (non-hydrogen) atoms. The molecule has 2 aromatic rings. The van der Waals surface area contributed by atoms with Gasteiger partial charge in [0, 0.05) is 0 Å². The largest absolute Gasteiger partial charge is 0.466 e. The van der Waals surface area contributed by atoms with E-state index in [1.165, 1.54) is 12.1 Å². The molecule has 0 saturated carbocycles. The number of carbonyl (C=O) groups is 2. The summed E-state index contributed by atoms with van der Waals surface area (Å²) in [6.07, 6.45) is -1.56. The van der Waals surface area contributed by atoms with E-state index in [9.17, 15) is 19.1 Å². The van der Waals surface area contributed by atoms with Crippen molar-refractivity contribution in [2.24, 2.45) is 5.92 Å². The van der Waals surface area contributed by atoms with Crippen LogP contribution in [0.3, 0.4) is 0 Å². The highest BCUT2D eigenvalue weighted by Crippen LogP contribution is 2.24. The molecule has 6 heteroatoms. The molecule has 5 nitrogen and oxygen atoms in total. The van der Waals surface area contributed by atoms with Crippen molar-refractivity contribution < 1.29 is 28.6 Å².